The number of halogens is 3. The van der Waals surface area contributed by atoms with E-state index in [9.17, 15) is 26.4 Å². The van der Waals surface area contributed by atoms with E-state index in [2.05, 4.69) is 0 Å². The Labute approximate surface area is 153 Å². The highest BCUT2D eigenvalue weighted by Gasteiger charge is 2.44. The fraction of sp³-hybridized carbons (Fsp3) is 0.167. The number of carbonyl (C=O) groups is 1. The third-order valence-electron chi connectivity index (χ3n) is 4.01. The average Bonchev–Trinajstić information content (AvgIpc) is 2.75. The maximum Gasteiger partial charge on any atom is 0.241 e. The first-order chi connectivity index (χ1) is 12.4. The number of primary sulfonamides is 1. The Morgan fingerprint density at radius 2 is 1.63 bits per heavy atom. The molecule has 0 unspecified atom stereocenters. The number of benzene rings is 2. The number of Topliss-reactive ketones (excluding diaryl/α,β-unsaturated/α-hetero) is 1. The number of ether oxygens (including phenoxy) is 1. The van der Waals surface area contributed by atoms with E-state index < -0.39 is 43.8 Å². The third-order valence-corrected chi connectivity index (χ3v) is 4.99. The molecule has 2 aromatic carbocycles. The van der Waals surface area contributed by atoms with Crippen LogP contribution in [0.1, 0.15) is 25.0 Å². The summed E-state index contributed by atoms with van der Waals surface area (Å²) >= 11 is 0. The second-order valence-electron chi connectivity index (χ2n) is 6.47. The van der Waals surface area contributed by atoms with Gasteiger partial charge in [-0.25, -0.2) is 26.7 Å². The number of hydrogen-bond donors (Lipinski definition) is 1. The molecule has 0 fully saturated rings. The molecule has 5 nitrogen and oxygen atoms in total. The van der Waals surface area contributed by atoms with Crippen LogP contribution >= 0.6 is 0 Å². The molecule has 0 saturated heterocycles. The molecule has 0 saturated carbocycles. The largest absolute Gasteiger partial charge is 0.478 e. The zero-order valence-corrected chi connectivity index (χ0v) is 15.0. The van der Waals surface area contributed by atoms with Gasteiger partial charge in [-0.1, -0.05) is 6.07 Å². The second kappa shape index (κ2) is 6.21. The van der Waals surface area contributed by atoms with Crippen LogP contribution < -0.4 is 5.14 Å². The van der Waals surface area contributed by atoms with Crippen LogP contribution in [0, 0.1) is 17.5 Å². The topological polar surface area (TPSA) is 86.5 Å². The minimum Gasteiger partial charge on any atom is -0.478 e. The Morgan fingerprint density at radius 3 is 2.19 bits per heavy atom. The minimum atomic E-state index is -4.53. The Bertz CT molecular complexity index is 1090. The summed E-state index contributed by atoms with van der Waals surface area (Å²) in [6.45, 7) is 2.79. The van der Waals surface area contributed by atoms with Gasteiger partial charge in [0.05, 0.1) is 5.57 Å². The first-order valence-electron chi connectivity index (χ1n) is 7.68. The second-order valence-corrected chi connectivity index (χ2v) is 7.96. The monoisotopic (exact) mass is 397 g/mol. The Balaban J connectivity index is 2.40. The number of sulfonamides is 1. The van der Waals surface area contributed by atoms with Crippen molar-refractivity contribution < 1.29 is 31.1 Å². The van der Waals surface area contributed by atoms with Crippen molar-refractivity contribution in [3.8, 4) is 0 Å². The van der Waals surface area contributed by atoms with Crippen molar-refractivity contribution in [3.05, 3.63) is 65.0 Å². The summed E-state index contributed by atoms with van der Waals surface area (Å²) < 4.78 is 70.9. The van der Waals surface area contributed by atoms with Crippen LogP contribution in [0.5, 0.6) is 0 Å². The van der Waals surface area contributed by atoms with Crippen LogP contribution in [0.2, 0.25) is 0 Å². The van der Waals surface area contributed by atoms with Crippen molar-refractivity contribution in [1.82, 2.24) is 0 Å². The molecule has 1 aliphatic rings. The van der Waals surface area contributed by atoms with Gasteiger partial charge in [0.1, 0.15) is 28.1 Å². The number of nitrogens with two attached hydrogens (primary N) is 1. The molecule has 142 valence electrons. The molecule has 0 aromatic heterocycles. The van der Waals surface area contributed by atoms with Crippen molar-refractivity contribution in [1.29, 1.82) is 0 Å². The summed E-state index contributed by atoms with van der Waals surface area (Å²) in [4.78, 5) is 11.9. The first-order valence-corrected chi connectivity index (χ1v) is 9.22. The van der Waals surface area contributed by atoms with Gasteiger partial charge in [-0.3, -0.25) is 4.79 Å². The molecule has 0 atom stereocenters. The summed E-state index contributed by atoms with van der Waals surface area (Å²) in [6, 6.07) is 5.70. The van der Waals surface area contributed by atoms with E-state index in [0.29, 0.717) is 6.07 Å². The van der Waals surface area contributed by atoms with Gasteiger partial charge in [-0.15, -0.1) is 0 Å². The Hall–Kier alpha value is -2.65. The van der Waals surface area contributed by atoms with Gasteiger partial charge in [0.2, 0.25) is 15.8 Å². The Morgan fingerprint density at radius 1 is 1.04 bits per heavy atom. The fourth-order valence-electron chi connectivity index (χ4n) is 2.88. The molecule has 1 heterocycles. The predicted octanol–water partition coefficient (Wildman–Crippen LogP) is 3.00. The molecular formula is C18H14F3NO4S. The van der Waals surface area contributed by atoms with Crippen molar-refractivity contribution in [2.45, 2.75) is 24.3 Å². The van der Waals surface area contributed by atoms with Gasteiger partial charge in [-0.05, 0) is 43.7 Å². The van der Waals surface area contributed by atoms with Gasteiger partial charge in [0.15, 0.2) is 5.60 Å². The quantitative estimate of drug-likeness (QED) is 0.863. The molecule has 1 aliphatic heterocycles. The van der Waals surface area contributed by atoms with E-state index in [-0.39, 0.29) is 22.5 Å². The minimum absolute atomic E-state index is 0.164. The number of carbonyl (C=O) groups excluding carboxylic acids is 1. The molecule has 0 aliphatic carbocycles. The normalized spacial score (nSPS) is 16.6. The first kappa shape index (κ1) is 19.1. The molecular weight excluding hydrogens is 383 g/mol. The van der Waals surface area contributed by atoms with Crippen LogP contribution in [0.25, 0.3) is 11.3 Å². The van der Waals surface area contributed by atoms with Gasteiger partial charge in [0.25, 0.3) is 0 Å². The van der Waals surface area contributed by atoms with Crippen LogP contribution in [0.4, 0.5) is 13.2 Å². The number of hydrogen-bond acceptors (Lipinski definition) is 4. The fourth-order valence-corrected chi connectivity index (χ4v) is 3.69. The van der Waals surface area contributed by atoms with E-state index in [1.54, 1.807) is 0 Å². The summed E-state index contributed by atoms with van der Waals surface area (Å²) in [5.41, 5.74) is -2.21. The van der Waals surface area contributed by atoms with Crippen molar-refractivity contribution in [3.63, 3.8) is 0 Å². The molecule has 2 aromatic rings. The third kappa shape index (κ3) is 3.35. The molecule has 3 rings (SSSR count). The molecule has 0 bridgehead atoms. The SMILES string of the molecule is CC1(C)OC(c2cccc(F)c2S(N)(=O)=O)=C(c2cc(F)cc(F)c2)C1=O. The van der Waals surface area contributed by atoms with Gasteiger partial charge < -0.3 is 4.74 Å². The highest BCUT2D eigenvalue weighted by Crippen LogP contribution is 2.43. The average molecular weight is 397 g/mol. The highest BCUT2D eigenvalue weighted by molar-refractivity contribution is 7.89. The molecule has 0 amide bonds. The number of rotatable bonds is 3. The van der Waals surface area contributed by atoms with Crippen molar-refractivity contribution in [2.75, 3.05) is 0 Å². The Kier molecular flexibility index (Phi) is 4.40. The summed E-state index contributed by atoms with van der Waals surface area (Å²) in [7, 11) is -4.53. The maximum atomic E-state index is 14.2. The molecule has 2 N–H and O–H groups in total. The number of ketones is 1. The van der Waals surface area contributed by atoms with Gasteiger partial charge in [-0.2, -0.15) is 0 Å². The lowest BCUT2D eigenvalue weighted by Crippen LogP contribution is -2.29. The van der Waals surface area contributed by atoms with Crippen LogP contribution in [0.15, 0.2) is 41.3 Å². The van der Waals surface area contributed by atoms with Crippen LogP contribution in [-0.2, 0) is 19.6 Å². The summed E-state index contributed by atoms with van der Waals surface area (Å²) in [5.74, 6) is -4.00. The smallest absolute Gasteiger partial charge is 0.241 e. The van der Waals surface area contributed by atoms with E-state index in [4.69, 9.17) is 9.88 Å². The lowest BCUT2D eigenvalue weighted by atomic mass is 9.92. The van der Waals surface area contributed by atoms with Gasteiger partial charge in [0, 0.05) is 11.6 Å². The molecule has 9 heteroatoms. The van der Waals surface area contributed by atoms with Crippen LogP contribution in [0.3, 0.4) is 0 Å². The van der Waals surface area contributed by atoms with Gasteiger partial charge >= 0.3 is 0 Å². The highest BCUT2D eigenvalue weighted by atomic mass is 32.2. The molecule has 0 radical (unpaired) electrons. The van der Waals surface area contributed by atoms with Crippen LogP contribution in [-0.4, -0.2) is 19.8 Å². The zero-order chi connectivity index (χ0) is 20.1. The van der Waals surface area contributed by atoms with Crippen molar-refractivity contribution in [2.24, 2.45) is 5.14 Å². The summed E-state index contributed by atoms with van der Waals surface area (Å²) in [5, 5.41) is 5.11. The predicted molar refractivity (Wildman–Crippen MR) is 91.1 cm³/mol. The van der Waals surface area contributed by atoms with E-state index in [1.807, 2.05) is 0 Å². The maximum absolute atomic E-state index is 14.2. The van der Waals surface area contributed by atoms with E-state index >= 15 is 0 Å². The van der Waals surface area contributed by atoms with E-state index in [1.165, 1.54) is 26.0 Å². The standard InChI is InChI=1S/C18H14F3NO4S/c1-18(2)17(23)14(9-6-10(19)8-11(20)7-9)15(26-18)12-4-3-5-13(21)16(12)27(22,24)25/h3-8H,1-2H3,(H2,22,24,25). The van der Waals surface area contributed by atoms with E-state index in [0.717, 1.165) is 18.2 Å². The molecule has 27 heavy (non-hydrogen) atoms. The molecule has 0 spiro atoms. The summed E-state index contributed by atoms with van der Waals surface area (Å²) in [6.07, 6.45) is 0. The van der Waals surface area contributed by atoms with Crippen molar-refractivity contribution >= 4 is 27.1 Å². The zero-order valence-electron chi connectivity index (χ0n) is 14.2. The lowest BCUT2D eigenvalue weighted by molar-refractivity contribution is -0.125. The lowest BCUT2D eigenvalue weighted by Gasteiger charge is -2.18.